The number of aliphatic hydroxyl groups is 1. The first-order valence-corrected chi connectivity index (χ1v) is 8.76. The van der Waals surface area contributed by atoms with Gasteiger partial charge in [0.25, 0.3) is 0 Å². The highest BCUT2D eigenvalue weighted by molar-refractivity contribution is 5.99. The van der Waals surface area contributed by atoms with Crippen molar-refractivity contribution in [2.24, 2.45) is 33.5 Å². The van der Waals surface area contributed by atoms with Gasteiger partial charge in [-0.2, -0.15) is 0 Å². The monoisotopic (exact) mass is 314 g/mol. The minimum Gasteiger partial charge on any atom is -0.505 e. The zero-order chi connectivity index (χ0) is 16.8. The molecular formula is C20H26O3. The topological polar surface area (TPSA) is 54.4 Å². The van der Waals surface area contributed by atoms with E-state index in [1.165, 1.54) is 0 Å². The minimum absolute atomic E-state index is 0.0567. The summed E-state index contributed by atoms with van der Waals surface area (Å²) in [7, 11) is 0. The number of carbonyl (C=O) groups is 2. The summed E-state index contributed by atoms with van der Waals surface area (Å²) in [4.78, 5) is 25.2. The van der Waals surface area contributed by atoms with Gasteiger partial charge in [0, 0.05) is 17.3 Å². The quantitative estimate of drug-likeness (QED) is 0.688. The van der Waals surface area contributed by atoms with Gasteiger partial charge in [-0.05, 0) is 54.9 Å². The third-order valence-electron chi connectivity index (χ3n) is 7.74. The maximum absolute atomic E-state index is 12.7. The van der Waals surface area contributed by atoms with Crippen LogP contribution in [-0.2, 0) is 9.59 Å². The largest absolute Gasteiger partial charge is 0.505 e. The van der Waals surface area contributed by atoms with Crippen LogP contribution >= 0.6 is 0 Å². The molecule has 3 nitrogen and oxygen atoms in total. The van der Waals surface area contributed by atoms with Crippen LogP contribution in [0.2, 0.25) is 0 Å². The fraction of sp³-hybridized carbons (Fsp3) is 0.700. The molecule has 0 saturated heterocycles. The van der Waals surface area contributed by atoms with Gasteiger partial charge in [0.1, 0.15) is 5.78 Å². The number of aliphatic hydroxyl groups excluding tert-OH is 1. The standard InChI is InChI=1S/C20H26O3/c1-17(2)13-5-6-20-8-7-18(3,11-20)15(22)9-14(20)19(13,4)10-12(21)16(17)23/h7-8,10,13-14,21H,5-6,9,11H2,1-4H3/t13-,14+,18+,19+,20-/m0/s1. The summed E-state index contributed by atoms with van der Waals surface area (Å²) >= 11 is 0. The highest BCUT2D eigenvalue weighted by atomic mass is 16.3. The van der Waals surface area contributed by atoms with Crippen LogP contribution < -0.4 is 0 Å². The lowest BCUT2D eigenvalue weighted by molar-refractivity contribution is -0.152. The third-order valence-corrected chi connectivity index (χ3v) is 7.74. The molecule has 0 amide bonds. The van der Waals surface area contributed by atoms with Crippen molar-refractivity contribution >= 4 is 11.6 Å². The minimum atomic E-state index is -0.568. The van der Waals surface area contributed by atoms with Crippen LogP contribution in [0, 0.1) is 33.5 Å². The Hall–Kier alpha value is -1.38. The second-order valence-corrected chi connectivity index (χ2v) is 9.38. The Morgan fingerprint density at radius 2 is 1.78 bits per heavy atom. The number of Topliss-reactive ketones (excluding diaryl/α,β-unsaturated/α-hetero) is 2. The molecule has 3 heteroatoms. The molecule has 0 aromatic heterocycles. The zero-order valence-electron chi connectivity index (χ0n) is 14.5. The molecule has 0 aromatic carbocycles. The van der Waals surface area contributed by atoms with E-state index in [-0.39, 0.29) is 39.6 Å². The average molecular weight is 314 g/mol. The Labute approximate surface area is 137 Å². The Bertz CT molecular complexity index is 685. The summed E-state index contributed by atoms with van der Waals surface area (Å²) in [6, 6.07) is 0. The van der Waals surface area contributed by atoms with Gasteiger partial charge in [-0.3, -0.25) is 9.59 Å². The summed E-state index contributed by atoms with van der Waals surface area (Å²) in [6.45, 7) is 8.14. The second-order valence-electron chi connectivity index (χ2n) is 9.38. The first-order chi connectivity index (χ1) is 10.6. The average Bonchev–Trinajstić information content (AvgIpc) is 2.75. The summed E-state index contributed by atoms with van der Waals surface area (Å²) < 4.78 is 0. The Morgan fingerprint density at radius 1 is 1.09 bits per heavy atom. The molecule has 4 rings (SSSR count). The molecule has 124 valence electrons. The van der Waals surface area contributed by atoms with Gasteiger partial charge in [-0.25, -0.2) is 0 Å². The Balaban J connectivity index is 1.88. The van der Waals surface area contributed by atoms with Crippen LogP contribution in [0.15, 0.2) is 24.0 Å². The molecule has 23 heavy (non-hydrogen) atoms. The Kier molecular flexibility index (Phi) is 2.63. The normalized spacial score (nSPS) is 50.3. The molecule has 0 radical (unpaired) electrons. The van der Waals surface area contributed by atoms with Crippen LogP contribution in [-0.4, -0.2) is 16.7 Å². The summed E-state index contributed by atoms with van der Waals surface area (Å²) in [6.07, 6.45) is 9.69. The summed E-state index contributed by atoms with van der Waals surface area (Å²) in [5.41, 5.74) is -1.11. The van der Waals surface area contributed by atoms with E-state index >= 15 is 0 Å². The predicted octanol–water partition coefficient (Wildman–Crippen LogP) is 4.00. The predicted molar refractivity (Wildman–Crippen MR) is 87.7 cm³/mol. The van der Waals surface area contributed by atoms with E-state index in [4.69, 9.17) is 0 Å². The van der Waals surface area contributed by atoms with Crippen molar-refractivity contribution in [1.82, 2.24) is 0 Å². The fourth-order valence-electron chi connectivity index (χ4n) is 6.54. The van der Waals surface area contributed by atoms with Crippen molar-refractivity contribution in [2.45, 2.75) is 53.4 Å². The van der Waals surface area contributed by atoms with E-state index in [9.17, 15) is 14.7 Å². The third kappa shape index (κ3) is 1.61. The lowest BCUT2D eigenvalue weighted by Gasteiger charge is -2.61. The lowest BCUT2D eigenvalue weighted by atomic mass is 9.41. The highest BCUT2D eigenvalue weighted by Gasteiger charge is 2.66. The number of hydrogen-bond donors (Lipinski definition) is 1. The van der Waals surface area contributed by atoms with E-state index < -0.39 is 5.41 Å². The maximum atomic E-state index is 12.7. The van der Waals surface area contributed by atoms with Crippen molar-refractivity contribution in [2.75, 3.05) is 0 Å². The maximum Gasteiger partial charge on any atom is 0.202 e. The molecule has 0 heterocycles. The molecule has 5 atom stereocenters. The summed E-state index contributed by atoms with van der Waals surface area (Å²) in [5.74, 6) is 0.428. The second kappa shape index (κ2) is 3.99. The number of carbonyl (C=O) groups excluding carboxylic acids is 2. The fourth-order valence-corrected chi connectivity index (χ4v) is 6.54. The van der Waals surface area contributed by atoms with Crippen molar-refractivity contribution in [3.05, 3.63) is 24.0 Å². The number of ketones is 2. The van der Waals surface area contributed by atoms with E-state index in [1.807, 2.05) is 13.8 Å². The highest BCUT2D eigenvalue weighted by Crippen LogP contribution is 2.69. The zero-order valence-corrected chi connectivity index (χ0v) is 14.5. The molecule has 2 saturated carbocycles. The molecule has 2 bridgehead atoms. The van der Waals surface area contributed by atoms with Crippen LogP contribution in [0.1, 0.15) is 53.4 Å². The number of fused-ring (bicyclic) bond motifs is 3. The molecule has 1 N–H and O–H groups in total. The van der Waals surface area contributed by atoms with E-state index in [0.29, 0.717) is 12.2 Å². The molecule has 0 aromatic rings. The van der Waals surface area contributed by atoms with Gasteiger partial charge in [0.05, 0.1) is 0 Å². The van der Waals surface area contributed by atoms with Crippen LogP contribution in [0.3, 0.4) is 0 Å². The van der Waals surface area contributed by atoms with Crippen LogP contribution in [0.25, 0.3) is 0 Å². The van der Waals surface area contributed by atoms with Gasteiger partial charge < -0.3 is 5.11 Å². The lowest BCUT2D eigenvalue weighted by Crippen LogP contribution is -2.59. The molecule has 4 aliphatic rings. The van der Waals surface area contributed by atoms with Gasteiger partial charge in [-0.1, -0.05) is 32.9 Å². The van der Waals surface area contributed by atoms with Crippen molar-refractivity contribution < 1.29 is 14.7 Å². The molecule has 4 aliphatic carbocycles. The summed E-state index contributed by atoms with van der Waals surface area (Å²) in [5, 5.41) is 10.3. The number of rotatable bonds is 0. The van der Waals surface area contributed by atoms with Gasteiger partial charge in [-0.15, -0.1) is 0 Å². The van der Waals surface area contributed by atoms with Crippen molar-refractivity contribution in [3.8, 4) is 0 Å². The van der Waals surface area contributed by atoms with Crippen molar-refractivity contribution in [1.29, 1.82) is 0 Å². The van der Waals surface area contributed by atoms with E-state index in [1.54, 1.807) is 6.08 Å². The first-order valence-electron chi connectivity index (χ1n) is 8.76. The number of hydrogen-bond acceptors (Lipinski definition) is 3. The molecule has 0 unspecified atom stereocenters. The van der Waals surface area contributed by atoms with Gasteiger partial charge in [0.2, 0.25) is 5.78 Å². The van der Waals surface area contributed by atoms with Crippen molar-refractivity contribution in [3.63, 3.8) is 0 Å². The van der Waals surface area contributed by atoms with Crippen LogP contribution in [0.4, 0.5) is 0 Å². The molecule has 1 spiro atoms. The first kappa shape index (κ1) is 15.2. The molecular weight excluding hydrogens is 288 g/mol. The van der Waals surface area contributed by atoms with E-state index in [0.717, 1.165) is 19.3 Å². The SMILES string of the molecule is CC1(C)C(=O)C(O)=C[C@]2(C)[C@H]1CC[C@]13C=C[C@](C)(C1)C(=O)C[C@@H]32. The Morgan fingerprint density at radius 3 is 2.48 bits per heavy atom. The molecule has 2 fully saturated rings. The van der Waals surface area contributed by atoms with Gasteiger partial charge >= 0.3 is 0 Å². The molecule has 0 aliphatic heterocycles. The number of allylic oxidation sites excluding steroid dienone is 4. The van der Waals surface area contributed by atoms with Gasteiger partial charge in [0.15, 0.2) is 5.76 Å². The smallest absolute Gasteiger partial charge is 0.202 e. The van der Waals surface area contributed by atoms with Crippen LogP contribution in [0.5, 0.6) is 0 Å². The van der Waals surface area contributed by atoms with E-state index in [2.05, 4.69) is 26.0 Å².